The summed E-state index contributed by atoms with van der Waals surface area (Å²) in [7, 11) is 0. The predicted octanol–water partition coefficient (Wildman–Crippen LogP) is 2.39. The van der Waals surface area contributed by atoms with Crippen LogP contribution in [0.5, 0.6) is 0 Å². The summed E-state index contributed by atoms with van der Waals surface area (Å²) in [5.41, 5.74) is 0. The van der Waals surface area contributed by atoms with E-state index in [4.69, 9.17) is 4.74 Å². The highest BCUT2D eigenvalue weighted by Crippen LogP contribution is 2.71. The van der Waals surface area contributed by atoms with Gasteiger partial charge < -0.3 is 19.6 Å². The van der Waals surface area contributed by atoms with Gasteiger partial charge in [-0.25, -0.2) is 0 Å². The standard InChI is InChI=1S/C24H36N2O5S/c1-6-8-9-15-31-22(30)18-17-20(28)26(13-14-27)19(21(29)25(12-7-2)16(3)4)24(17)11-10-23(18,5)32-24/h6-7,16-19,27H,1-2,8-15H2,3-5H3/t17-,18-,19?,23+,24?/m0/s1. The Morgan fingerprint density at radius 1 is 1.34 bits per heavy atom. The average Bonchev–Trinajstić information content (AvgIpc) is 3.30. The molecule has 178 valence electrons. The molecule has 1 spiro atoms. The molecule has 0 radical (unpaired) electrons. The van der Waals surface area contributed by atoms with Gasteiger partial charge in [-0.2, -0.15) is 0 Å². The highest BCUT2D eigenvalue weighted by molar-refractivity contribution is 8.02. The summed E-state index contributed by atoms with van der Waals surface area (Å²) in [6, 6.07) is -0.772. The molecule has 2 amide bonds. The van der Waals surface area contributed by atoms with E-state index < -0.39 is 27.4 Å². The molecule has 3 heterocycles. The number of hydrogen-bond donors (Lipinski definition) is 1. The first-order valence-electron chi connectivity index (χ1n) is 11.5. The summed E-state index contributed by atoms with van der Waals surface area (Å²) >= 11 is 1.61. The fourth-order valence-electron chi connectivity index (χ4n) is 5.75. The molecule has 0 aromatic heterocycles. The van der Waals surface area contributed by atoms with Crippen molar-refractivity contribution < 1.29 is 24.2 Å². The van der Waals surface area contributed by atoms with E-state index in [2.05, 4.69) is 13.2 Å². The Kier molecular flexibility index (Phi) is 7.44. The Balaban J connectivity index is 1.97. The zero-order valence-electron chi connectivity index (χ0n) is 19.4. The number of carbonyl (C=O) groups excluding carboxylic acids is 3. The second-order valence-electron chi connectivity index (χ2n) is 9.45. The van der Waals surface area contributed by atoms with Crippen LogP contribution < -0.4 is 0 Å². The number of aliphatic hydroxyl groups excluding tert-OH is 1. The van der Waals surface area contributed by atoms with Gasteiger partial charge in [-0.15, -0.1) is 24.9 Å². The SMILES string of the molecule is C=CCCCOC(=O)[C@@H]1[C@H]2C(=O)N(CCO)C(C(=O)N(CC=C)C(C)C)C23CC[C@@]1(C)S3. The molecule has 5 atom stereocenters. The minimum atomic E-state index is -0.708. The summed E-state index contributed by atoms with van der Waals surface area (Å²) in [4.78, 5) is 43.9. The molecule has 2 bridgehead atoms. The van der Waals surface area contributed by atoms with E-state index in [-0.39, 0.29) is 37.0 Å². The van der Waals surface area contributed by atoms with Crippen LogP contribution >= 0.6 is 11.8 Å². The van der Waals surface area contributed by atoms with Gasteiger partial charge in [-0.05, 0) is 46.5 Å². The number of thioether (sulfide) groups is 1. The van der Waals surface area contributed by atoms with Crippen LogP contribution in [-0.2, 0) is 19.1 Å². The molecule has 0 aromatic rings. The molecule has 8 heteroatoms. The number of amides is 2. The van der Waals surface area contributed by atoms with E-state index in [0.29, 0.717) is 26.0 Å². The van der Waals surface area contributed by atoms with E-state index in [0.717, 1.165) is 12.8 Å². The highest BCUT2D eigenvalue weighted by Gasteiger charge is 2.77. The molecule has 3 aliphatic rings. The number of aliphatic hydroxyl groups is 1. The third-order valence-electron chi connectivity index (χ3n) is 7.13. The monoisotopic (exact) mass is 464 g/mol. The van der Waals surface area contributed by atoms with Gasteiger partial charge in [0, 0.05) is 23.9 Å². The number of esters is 1. The number of ether oxygens (including phenoxy) is 1. The minimum absolute atomic E-state index is 0.0631. The van der Waals surface area contributed by atoms with Crippen LogP contribution in [0, 0.1) is 11.8 Å². The molecule has 3 aliphatic heterocycles. The number of likely N-dealkylation sites (tertiary alicyclic amines) is 1. The lowest BCUT2D eigenvalue weighted by Crippen LogP contribution is -2.56. The molecule has 7 nitrogen and oxygen atoms in total. The van der Waals surface area contributed by atoms with Crippen molar-refractivity contribution in [2.75, 3.05) is 26.3 Å². The van der Waals surface area contributed by atoms with Gasteiger partial charge in [0.25, 0.3) is 0 Å². The summed E-state index contributed by atoms with van der Waals surface area (Å²) in [6.45, 7) is 13.9. The lowest BCUT2D eigenvalue weighted by molar-refractivity contribution is -0.155. The number of carbonyl (C=O) groups is 3. The molecule has 32 heavy (non-hydrogen) atoms. The van der Waals surface area contributed by atoms with Crippen LogP contribution in [0.3, 0.4) is 0 Å². The van der Waals surface area contributed by atoms with Gasteiger partial charge in [0.1, 0.15) is 6.04 Å². The number of hydrogen-bond acceptors (Lipinski definition) is 6. The quantitative estimate of drug-likeness (QED) is 0.287. The Labute approximate surface area is 195 Å². The van der Waals surface area contributed by atoms with Crippen molar-refractivity contribution in [3.63, 3.8) is 0 Å². The Bertz CT molecular complexity index is 786. The molecule has 0 aliphatic carbocycles. The number of allylic oxidation sites excluding steroid dienone is 1. The molecule has 3 rings (SSSR count). The topological polar surface area (TPSA) is 87.1 Å². The van der Waals surface area contributed by atoms with Crippen molar-refractivity contribution in [3.05, 3.63) is 25.3 Å². The number of rotatable bonds is 11. The third-order valence-corrected chi connectivity index (χ3v) is 9.12. The summed E-state index contributed by atoms with van der Waals surface area (Å²) in [5, 5.41) is 9.68. The first-order valence-corrected chi connectivity index (χ1v) is 12.3. The fraction of sp³-hybridized carbons (Fsp3) is 0.708. The van der Waals surface area contributed by atoms with Gasteiger partial charge >= 0.3 is 5.97 Å². The van der Waals surface area contributed by atoms with E-state index in [9.17, 15) is 19.5 Å². The van der Waals surface area contributed by atoms with Crippen molar-refractivity contribution in [3.8, 4) is 0 Å². The molecular weight excluding hydrogens is 428 g/mol. The third kappa shape index (κ3) is 3.89. The molecule has 0 aromatic carbocycles. The van der Waals surface area contributed by atoms with Crippen LogP contribution in [0.2, 0.25) is 0 Å². The van der Waals surface area contributed by atoms with Crippen LogP contribution in [0.25, 0.3) is 0 Å². The second-order valence-corrected chi connectivity index (χ2v) is 11.4. The number of β-amino-alcohol motifs (C(OH)–C–C–N with tert-alkyl or cyclic N) is 1. The van der Waals surface area contributed by atoms with E-state index >= 15 is 0 Å². The fourth-order valence-corrected chi connectivity index (χ4v) is 8.09. The maximum Gasteiger partial charge on any atom is 0.311 e. The van der Waals surface area contributed by atoms with Crippen LogP contribution in [0.1, 0.15) is 46.5 Å². The van der Waals surface area contributed by atoms with Crippen LogP contribution in [0.4, 0.5) is 0 Å². The van der Waals surface area contributed by atoms with Gasteiger partial charge in [0.15, 0.2) is 0 Å². The lowest BCUT2D eigenvalue weighted by Gasteiger charge is -2.38. The van der Waals surface area contributed by atoms with Crippen molar-refractivity contribution in [2.24, 2.45) is 11.8 Å². The van der Waals surface area contributed by atoms with Gasteiger partial charge in [-0.1, -0.05) is 12.2 Å². The maximum atomic E-state index is 13.8. The molecule has 0 saturated carbocycles. The van der Waals surface area contributed by atoms with Crippen LogP contribution in [0.15, 0.2) is 25.3 Å². The van der Waals surface area contributed by atoms with Crippen molar-refractivity contribution >= 4 is 29.5 Å². The Hall–Kier alpha value is -1.80. The summed E-state index contributed by atoms with van der Waals surface area (Å²) in [5.74, 6) is -1.92. The normalized spacial score (nSPS) is 32.8. The Morgan fingerprint density at radius 3 is 2.66 bits per heavy atom. The second kappa shape index (κ2) is 9.59. The Morgan fingerprint density at radius 2 is 2.06 bits per heavy atom. The van der Waals surface area contributed by atoms with Gasteiger partial charge in [0.05, 0.1) is 29.8 Å². The molecule has 2 unspecified atom stereocenters. The summed E-state index contributed by atoms with van der Waals surface area (Å²) in [6.07, 6.45) is 6.34. The van der Waals surface area contributed by atoms with Gasteiger partial charge in [-0.3, -0.25) is 14.4 Å². The largest absolute Gasteiger partial charge is 0.465 e. The molecule has 3 fully saturated rings. The van der Waals surface area contributed by atoms with Crippen LogP contribution in [-0.4, -0.2) is 80.6 Å². The number of fused-ring (bicyclic) bond motifs is 1. The van der Waals surface area contributed by atoms with E-state index in [1.807, 2.05) is 20.8 Å². The number of unbranched alkanes of at least 4 members (excludes halogenated alkanes) is 1. The zero-order valence-corrected chi connectivity index (χ0v) is 20.2. The molecular formula is C24H36N2O5S. The van der Waals surface area contributed by atoms with Crippen molar-refractivity contribution in [2.45, 2.75) is 68.0 Å². The average molecular weight is 465 g/mol. The predicted molar refractivity (Wildman–Crippen MR) is 125 cm³/mol. The number of nitrogens with zero attached hydrogens (tertiary/aromatic N) is 2. The first-order chi connectivity index (χ1) is 15.2. The molecule has 3 saturated heterocycles. The maximum absolute atomic E-state index is 13.8. The van der Waals surface area contributed by atoms with Crippen molar-refractivity contribution in [1.29, 1.82) is 0 Å². The van der Waals surface area contributed by atoms with E-state index in [1.54, 1.807) is 28.8 Å². The lowest BCUT2D eigenvalue weighted by atomic mass is 9.66. The summed E-state index contributed by atoms with van der Waals surface area (Å²) < 4.78 is 4.46. The van der Waals surface area contributed by atoms with Crippen molar-refractivity contribution in [1.82, 2.24) is 9.80 Å². The smallest absolute Gasteiger partial charge is 0.311 e. The van der Waals surface area contributed by atoms with Gasteiger partial charge in [0.2, 0.25) is 11.8 Å². The zero-order chi connectivity index (χ0) is 23.7. The highest BCUT2D eigenvalue weighted by atomic mass is 32.2. The van der Waals surface area contributed by atoms with E-state index in [1.165, 1.54) is 4.90 Å². The first kappa shape index (κ1) is 24.8. The minimum Gasteiger partial charge on any atom is -0.465 e. The molecule has 1 N–H and O–H groups in total.